The third-order valence-electron chi connectivity index (χ3n) is 3.11. The molecule has 1 unspecified atom stereocenters. The molecular formula is C12H16ClNOS. The number of piperidine rings is 1. The van der Waals surface area contributed by atoms with Gasteiger partial charge in [0.15, 0.2) is 0 Å². The molecule has 1 atom stereocenters. The molecule has 88 valence electrons. The highest BCUT2D eigenvalue weighted by molar-refractivity contribution is 7.16. The topological polar surface area (TPSA) is 20.3 Å². The molecule has 0 aliphatic carbocycles. The maximum absolute atomic E-state index is 11.6. The molecule has 0 saturated carbocycles. The highest BCUT2D eigenvalue weighted by atomic mass is 35.5. The summed E-state index contributed by atoms with van der Waals surface area (Å²) in [5.41, 5.74) is 0. The predicted molar refractivity (Wildman–Crippen MR) is 68.0 cm³/mol. The van der Waals surface area contributed by atoms with Crippen LogP contribution in [0.15, 0.2) is 12.1 Å². The van der Waals surface area contributed by atoms with Gasteiger partial charge in [-0.1, -0.05) is 18.5 Å². The van der Waals surface area contributed by atoms with E-state index in [0.717, 1.165) is 30.4 Å². The second-order valence-electron chi connectivity index (χ2n) is 4.26. The number of carbonyl (C=O) groups is 1. The molecule has 1 aliphatic heterocycles. The Morgan fingerprint density at radius 2 is 2.38 bits per heavy atom. The van der Waals surface area contributed by atoms with Crippen LogP contribution in [0.3, 0.4) is 0 Å². The molecule has 0 N–H and O–H groups in total. The number of likely N-dealkylation sites (tertiary alicyclic amines) is 1. The van der Waals surface area contributed by atoms with Crippen molar-refractivity contribution in [2.75, 3.05) is 13.1 Å². The monoisotopic (exact) mass is 257 g/mol. The normalized spacial score (nSPS) is 22.6. The van der Waals surface area contributed by atoms with Crippen molar-refractivity contribution in [3.63, 3.8) is 0 Å². The lowest BCUT2D eigenvalue weighted by Gasteiger charge is -2.30. The molecule has 0 radical (unpaired) electrons. The number of rotatable bonds is 3. The fourth-order valence-electron chi connectivity index (χ4n) is 2.13. The highest BCUT2D eigenvalue weighted by Crippen LogP contribution is 2.24. The smallest absolute Gasteiger partial charge is 0.138 e. The quantitative estimate of drug-likeness (QED) is 0.829. The van der Waals surface area contributed by atoms with E-state index in [-0.39, 0.29) is 5.92 Å². The first-order valence-electron chi connectivity index (χ1n) is 5.68. The fraction of sp³-hybridized carbons (Fsp3) is 0.583. The zero-order chi connectivity index (χ0) is 11.5. The minimum Gasteiger partial charge on any atom is -0.299 e. The Balaban J connectivity index is 1.93. The van der Waals surface area contributed by atoms with Crippen LogP contribution in [0.5, 0.6) is 0 Å². The largest absolute Gasteiger partial charge is 0.299 e. The molecule has 1 fully saturated rings. The summed E-state index contributed by atoms with van der Waals surface area (Å²) in [5.74, 6) is 0.673. The summed E-state index contributed by atoms with van der Waals surface area (Å²) in [6.07, 6.45) is 1.66. The average Bonchev–Trinajstić information content (AvgIpc) is 2.67. The Bertz CT molecular complexity index is 377. The van der Waals surface area contributed by atoms with Gasteiger partial charge in [0.05, 0.1) is 4.34 Å². The maximum Gasteiger partial charge on any atom is 0.138 e. The van der Waals surface area contributed by atoms with Crippen molar-refractivity contribution >= 4 is 28.7 Å². The first kappa shape index (κ1) is 12.1. The van der Waals surface area contributed by atoms with Gasteiger partial charge in [-0.2, -0.15) is 0 Å². The van der Waals surface area contributed by atoms with E-state index in [1.807, 2.05) is 6.07 Å². The van der Waals surface area contributed by atoms with Crippen LogP contribution < -0.4 is 0 Å². The van der Waals surface area contributed by atoms with Gasteiger partial charge in [-0.25, -0.2) is 0 Å². The van der Waals surface area contributed by atoms with Crippen molar-refractivity contribution in [2.24, 2.45) is 5.92 Å². The Kier molecular flexibility index (Phi) is 4.00. The molecule has 0 aromatic carbocycles. The predicted octanol–water partition coefficient (Wildman–Crippen LogP) is 3.20. The minimum absolute atomic E-state index is 0.240. The van der Waals surface area contributed by atoms with Crippen LogP contribution in [0.1, 0.15) is 24.6 Å². The van der Waals surface area contributed by atoms with E-state index in [1.165, 1.54) is 4.88 Å². The van der Waals surface area contributed by atoms with E-state index >= 15 is 0 Å². The van der Waals surface area contributed by atoms with Gasteiger partial charge in [-0.15, -0.1) is 11.3 Å². The van der Waals surface area contributed by atoms with Crippen molar-refractivity contribution in [3.05, 3.63) is 21.3 Å². The Hall–Kier alpha value is -0.380. The van der Waals surface area contributed by atoms with Crippen LogP contribution in [0.25, 0.3) is 0 Å². The molecular weight excluding hydrogens is 242 g/mol. The lowest BCUT2D eigenvalue weighted by Crippen LogP contribution is -2.39. The highest BCUT2D eigenvalue weighted by Gasteiger charge is 2.25. The van der Waals surface area contributed by atoms with Crippen LogP contribution in [0, 0.1) is 5.92 Å². The third kappa shape index (κ3) is 2.84. The first-order valence-corrected chi connectivity index (χ1v) is 6.87. The molecule has 16 heavy (non-hydrogen) atoms. The molecule has 0 amide bonds. The van der Waals surface area contributed by atoms with E-state index in [4.69, 9.17) is 11.6 Å². The average molecular weight is 258 g/mol. The SMILES string of the molecule is CCC1CN(Cc2ccc(Cl)s2)CCC1=O. The number of ketones is 1. The molecule has 2 nitrogen and oxygen atoms in total. The summed E-state index contributed by atoms with van der Waals surface area (Å²) >= 11 is 7.53. The summed E-state index contributed by atoms with van der Waals surface area (Å²) in [5, 5.41) is 0. The summed E-state index contributed by atoms with van der Waals surface area (Å²) < 4.78 is 0.843. The molecule has 4 heteroatoms. The second kappa shape index (κ2) is 5.30. The molecule has 0 spiro atoms. The van der Waals surface area contributed by atoms with E-state index in [2.05, 4.69) is 17.9 Å². The third-order valence-corrected chi connectivity index (χ3v) is 4.33. The Morgan fingerprint density at radius 1 is 1.56 bits per heavy atom. The van der Waals surface area contributed by atoms with E-state index in [0.29, 0.717) is 12.2 Å². The van der Waals surface area contributed by atoms with Gasteiger partial charge in [0.1, 0.15) is 5.78 Å². The maximum atomic E-state index is 11.6. The second-order valence-corrected chi connectivity index (χ2v) is 6.06. The fourth-order valence-corrected chi connectivity index (χ4v) is 3.26. The number of halogens is 1. The number of Topliss-reactive ketones (excluding diaryl/α,β-unsaturated/α-hetero) is 1. The van der Waals surface area contributed by atoms with E-state index in [1.54, 1.807) is 11.3 Å². The van der Waals surface area contributed by atoms with Crippen LogP contribution >= 0.6 is 22.9 Å². The molecule has 1 aromatic rings. The van der Waals surface area contributed by atoms with Gasteiger partial charge >= 0.3 is 0 Å². The van der Waals surface area contributed by atoms with Crippen molar-refractivity contribution in [1.82, 2.24) is 4.90 Å². The van der Waals surface area contributed by atoms with Gasteiger partial charge < -0.3 is 0 Å². The van der Waals surface area contributed by atoms with Crippen LogP contribution in [0.2, 0.25) is 4.34 Å². The van der Waals surface area contributed by atoms with Crippen molar-refractivity contribution in [1.29, 1.82) is 0 Å². The van der Waals surface area contributed by atoms with Crippen LogP contribution in [-0.4, -0.2) is 23.8 Å². The standard InChI is InChI=1S/C12H16ClNOS/c1-2-9-7-14(6-5-11(9)15)8-10-3-4-12(13)16-10/h3-4,9H,2,5-8H2,1H3. The van der Waals surface area contributed by atoms with Gasteiger partial charge in [0.25, 0.3) is 0 Å². The molecule has 1 aliphatic rings. The summed E-state index contributed by atoms with van der Waals surface area (Å²) in [4.78, 5) is 15.2. The zero-order valence-corrected chi connectivity index (χ0v) is 11.0. The minimum atomic E-state index is 0.240. The number of carbonyl (C=O) groups excluding carboxylic acids is 1. The number of hydrogen-bond acceptors (Lipinski definition) is 3. The molecule has 0 bridgehead atoms. The number of thiophene rings is 1. The number of nitrogens with zero attached hydrogens (tertiary/aromatic N) is 1. The summed E-state index contributed by atoms with van der Waals surface area (Å²) in [6, 6.07) is 4.01. The molecule has 1 saturated heterocycles. The van der Waals surface area contributed by atoms with Crippen molar-refractivity contribution < 1.29 is 4.79 Å². The van der Waals surface area contributed by atoms with E-state index < -0.39 is 0 Å². The van der Waals surface area contributed by atoms with Gasteiger partial charge in [-0.3, -0.25) is 9.69 Å². The van der Waals surface area contributed by atoms with Crippen molar-refractivity contribution in [2.45, 2.75) is 26.3 Å². The lowest BCUT2D eigenvalue weighted by atomic mass is 9.94. The first-order chi connectivity index (χ1) is 7.69. The molecule has 1 aromatic heterocycles. The summed E-state index contributed by atoms with van der Waals surface area (Å²) in [7, 11) is 0. The lowest BCUT2D eigenvalue weighted by molar-refractivity contribution is -0.126. The van der Waals surface area contributed by atoms with Gasteiger partial charge in [-0.05, 0) is 18.6 Å². The Morgan fingerprint density at radius 3 is 3.00 bits per heavy atom. The van der Waals surface area contributed by atoms with Crippen molar-refractivity contribution in [3.8, 4) is 0 Å². The van der Waals surface area contributed by atoms with E-state index in [9.17, 15) is 4.79 Å². The van der Waals surface area contributed by atoms with Gasteiger partial charge in [0.2, 0.25) is 0 Å². The van der Waals surface area contributed by atoms with Crippen LogP contribution in [-0.2, 0) is 11.3 Å². The molecule has 2 rings (SSSR count). The summed E-state index contributed by atoms with van der Waals surface area (Å²) in [6.45, 7) is 4.82. The zero-order valence-electron chi connectivity index (χ0n) is 9.41. The Labute approximate surface area is 105 Å². The molecule has 2 heterocycles. The van der Waals surface area contributed by atoms with Crippen LogP contribution in [0.4, 0.5) is 0 Å². The van der Waals surface area contributed by atoms with Gasteiger partial charge in [0, 0.05) is 36.9 Å². The number of hydrogen-bond donors (Lipinski definition) is 0.